The van der Waals surface area contributed by atoms with E-state index in [0.29, 0.717) is 0 Å². The molecule has 4 rings (SSSR count). The zero-order valence-electron chi connectivity index (χ0n) is 12.7. The zero-order chi connectivity index (χ0) is 16.4. The molecule has 0 radical (unpaired) electrons. The lowest BCUT2D eigenvalue weighted by molar-refractivity contribution is 0.835. The molecule has 0 spiro atoms. The van der Waals surface area contributed by atoms with Gasteiger partial charge in [0.05, 0.1) is 6.21 Å². The van der Waals surface area contributed by atoms with Gasteiger partial charge in [-0.3, -0.25) is 0 Å². The number of hydrogen-bond donors (Lipinski definition) is 0. The summed E-state index contributed by atoms with van der Waals surface area (Å²) in [6.45, 7) is 0.814. The van der Waals surface area contributed by atoms with E-state index in [-0.39, 0.29) is 0 Å². The van der Waals surface area contributed by atoms with Gasteiger partial charge in [0.15, 0.2) is 0 Å². The number of rotatable bonds is 4. The van der Waals surface area contributed by atoms with Crippen molar-refractivity contribution < 1.29 is 0 Å². The van der Waals surface area contributed by atoms with Gasteiger partial charge < -0.3 is 4.57 Å². The van der Waals surface area contributed by atoms with Crippen molar-refractivity contribution in [3.63, 3.8) is 0 Å². The van der Waals surface area contributed by atoms with E-state index in [1.807, 2.05) is 12.3 Å². The first-order chi connectivity index (χ1) is 11.8. The topological polar surface area (TPSA) is 48.0 Å². The molecule has 5 nitrogen and oxygen atoms in total. The van der Waals surface area contributed by atoms with Gasteiger partial charge in [-0.25, -0.2) is 4.68 Å². The molecular weight excluding hydrogens is 366 g/mol. The van der Waals surface area contributed by atoms with Crippen LogP contribution in [0.15, 0.2) is 77.0 Å². The average molecular weight is 380 g/mol. The van der Waals surface area contributed by atoms with Crippen LogP contribution in [-0.4, -0.2) is 25.7 Å². The summed E-state index contributed by atoms with van der Waals surface area (Å²) in [6.07, 6.45) is 7.10. The second kappa shape index (κ2) is 6.41. The molecule has 2 aromatic heterocycles. The Bertz CT molecular complexity index is 984. The highest BCUT2D eigenvalue weighted by atomic mass is 79.9. The number of aromatic nitrogens is 4. The molecule has 4 aromatic rings. The van der Waals surface area contributed by atoms with Gasteiger partial charge in [0.1, 0.15) is 12.7 Å². The molecule has 0 unspecified atom stereocenters. The normalized spacial score (nSPS) is 11.5. The lowest BCUT2D eigenvalue weighted by atomic mass is 10.2. The van der Waals surface area contributed by atoms with Gasteiger partial charge in [-0.2, -0.15) is 5.10 Å². The van der Waals surface area contributed by atoms with E-state index in [9.17, 15) is 0 Å². The van der Waals surface area contributed by atoms with Gasteiger partial charge in [0.25, 0.3) is 0 Å². The first kappa shape index (κ1) is 14.8. The third kappa shape index (κ3) is 3.00. The first-order valence-electron chi connectivity index (χ1n) is 7.51. The van der Waals surface area contributed by atoms with E-state index in [1.54, 1.807) is 17.3 Å². The summed E-state index contributed by atoms with van der Waals surface area (Å²) >= 11 is 3.48. The largest absolute Gasteiger partial charge is 0.342 e. The standard InChI is InChI=1S/C18H14BrN5/c19-16-7-5-14(6-8-16)10-23-11-15(9-22-24-12-20-21-13-24)17-3-1-2-4-18(17)23/h1-9,11-13H,10H2/b22-9-. The Labute approximate surface area is 147 Å². The van der Waals surface area contributed by atoms with Crippen molar-refractivity contribution >= 4 is 33.0 Å². The van der Waals surface area contributed by atoms with Crippen molar-refractivity contribution in [3.8, 4) is 0 Å². The second-order valence-corrected chi connectivity index (χ2v) is 6.36. The Morgan fingerprint density at radius 3 is 2.54 bits per heavy atom. The van der Waals surface area contributed by atoms with Crippen LogP contribution in [0.25, 0.3) is 10.9 Å². The molecule has 0 atom stereocenters. The molecule has 0 saturated heterocycles. The van der Waals surface area contributed by atoms with Gasteiger partial charge in [0, 0.05) is 33.7 Å². The van der Waals surface area contributed by atoms with Crippen LogP contribution in [0.4, 0.5) is 0 Å². The molecule has 0 aliphatic rings. The molecule has 0 aliphatic carbocycles. The van der Waals surface area contributed by atoms with Crippen LogP contribution in [0.2, 0.25) is 0 Å². The molecular formula is C18H14BrN5. The Balaban J connectivity index is 1.72. The highest BCUT2D eigenvalue weighted by Gasteiger charge is 2.07. The second-order valence-electron chi connectivity index (χ2n) is 5.44. The lowest BCUT2D eigenvalue weighted by Crippen LogP contribution is -1.97. The quantitative estimate of drug-likeness (QED) is 0.504. The van der Waals surface area contributed by atoms with Crippen molar-refractivity contribution in [2.75, 3.05) is 0 Å². The van der Waals surface area contributed by atoms with E-state index in [2.05, 4.69) is 84.5 Å². The van der Waals surface area contributed by atoms with Crippen molar-refractivity contribution in [1.82, 2.24) is 19.4 Å². The smallest absolute Gasteiger partial charge is 0.141 e. The number of fused-ring (bicyclic) bond motifs is 1. The van der Waals surface area contributed by atoms with Crippen molar-refractivity contribution in [2.24, 2.45) is 5.10 Å². The van der Waals surface area contributed by atoms with Gasteiger partial charge in [0.2, 0.25) is 0 Å². The zero-order valence-corrected chi connectivity index (χ0v) is 14.3. The Morgan fingerprint density at radius 2 is 1.75 bits per heavy atom. The highest BCUT2D eigenvalue weighted by Crippen LogP contribution is 2.22. The summed E-state index contributed by atoms with van der Waals surface area (Å²) in [5.74, 6) is 0. The van der Waals surface area contributed by atoms with Crippen molar-refractivity contribution in [1.29, 1.82) is 0 Å². The van der Waals surface area contributed by atoms with Crippen LogP contribution < -0.4 is 0 Å². The molecule has 2 heterocycles. The molecule has 6 heteroatoms. The van der Waals surface area contributed by atoms with Gasteiger partial charge in [-0.15, -0.1) is 10.2 Å². The van der Waals surface area contributed by atoms with E-state index in [0.717, 1.165) is 16.6 Å². The minimum Gasteiger partial charge on any atom is -0.342 e. The minimum atomic E-state index is 0.814. The molecule has 0 saturated carbocycles. The van der Waals surface area contributed by atoms with Crippen LogP contribution in [0.3, 0.4) is 0 Å². The van der Waals surface area contributed by atoms with Crippen molar-refractivity contribution in [2.45, 2.75) is 6.54 Å². The van der Waals surface area contributed by atoms with Gasteiger partial charge in [-0.1, -0.05) is 46.3 Å². The summed E-state index contributed by atoms with van der Waals surface area (Å²) in [7, 11) is 0. The van der Waals surface area contributed by atoms with Gasteiger partial charge >= 0.3 is 0 Å². The molecule has 0 bridgehead atoms. The Morgan fingerprint density at radius 1 is 1.00 bits per heavy atom. The third-order valence-electron chi connectivity index (χ3n) is 3.82. The summed E-state index contributed by atoms with van der Waals surface area (Å²) in [5.41, 5.74) is 3.50. The van der Waals surface area contributed by atoms with Crippen molar-refractivity contribution in [3.05, 3.63) is 83.0 Å². The molecule has 0 aliphatic heterocycles. The number of benzene rings is 2. The summed E-state index contributed by atoms with van der Waals surface area (Å²) in [4.78, 5) is 0. The average Bonchev–Trinajstić information content (AvgIpc) is 3.24. The van der Waals surface area contributed by atoms with E-state index >= 15 is 0 Å². The third-order valence-corrected chi connectivity index (χ3v) is 4.35. The fraction of sp³-hybridized carbons (Fsp3) is 0.0556. The summed E-state index contributed by atoms with van der Waals surface area (Å²) in [6, 6.07) is 16.7. The molecule has 24 heavy (non-hydrogen) atoms. The van der Waals surface area contributed by atoms with Gasteiger partial charge in [-0.05, 0) is 23.8 Å². The van der Waals surface area contributed by atoms with E-state index in [1.165, 1.54) is 16.5 Å². The number of para-hydroxylation sites is 1. The number of nitrogens with zero attached hydrogens (tertiary/aromatic N) is 5. The fourth-order valence-electron chi connectivity index (χ4n) is 2.68. The van der Waals surface area contributed by atoms with Crippen LogP contribution >= 0.6 is 15.9 Å². The maximum atomic E-state index is 4.37. The number of halogens is 1. The molecule has 0 amide bonds. The maximum absolute atomic E-state index is 4.37. The predicted octanol–water partition coefficient (Wildman–Crippen LogP) is 3.93. The molecule has 118 valence electrons. The van der Waals surface area contributed by atoms with Crippen LogP contribution in [0, 0.1) is 0 Å². The molecule has 0 N–H and O–H groups in total. The highest BCUT2D eigenvalue weighted by molar-refractivity contribution is 9.10. The summed E-state index contributed by atoms with van der Waals surface area (Å²) in [5, 5.41) is 13.0. The Kier molecular flexibility index (Phi) is 3.96. The predicted molar refractivity (Wildman–Crippen MR) is 98.2 cm³/mol. The SMILES string of the molecule is Brc1ccc(Cn2cc(/C=N\n3cnnc3)c3ccccc32)cc1. The van der Waals surface area contributed by atoms with E-state index in [4.69, 9.17) is 0 Å². The molecule has 2 aromatic carbocycles. The monoisotopic (exact) mass is 379 g/mol. The minimum absolute atomic E-state index is 0.814. The summed E-state index contributed by atoms with van der Waals surface area (Å²) < 4.78 is 4.91. The lowest BCUT2D eigenvalue weighted by Gasteiger charge is -2.05. The first-order valence-corrected chi connectivity index (χ1v) is 8.30. The maximum Gasteiger partial charge on any atom is 0.141 e. The molecule has 0 fully saturated rings. The number of hydrogen-bond acceptors (Lipinski definition) is 3. The Hall–Kier alpha value is -2.73. The van der Waals surface area contributed by atoms with Crippen LogP contribution in [0.1, 0.15) is 11.1 Å². The van der Waals surface area contributed by atoms with E-state index < -0.39 is 0 Å². The van der Waals surface area contributed by atoms with Crippen LogP contribution in [-0.2, 0) is 6.54 Å². The van der Waals surface area contributed by atoms with Crippen LogP contribution in [0.5, 0.6) is 0 Å². The fourth-order valence-corrected chi connectivity index (χ4v) is 2.94.